The highest BCUT2D eigenvalue weighted by atomic mass is 16.5. The van der Waals surface area contributed by atoms with Crippen LogP contribution in [0.25, 0.3) is 22.3 Å². The number of ether oxygens (including phenoxy) is 2. The summed E-state index contributed by atoms with van der Waals surface area (Å²) in [6, 6.07) is 21.0. The second-order valence-electron chi connectivity index (χ2n) is 7.25. The standard InChI is InChI=1S/C25H26N2O2/c1-17-10-12-21-18(2)24(20-8-6-5-7-9-20)27(25(21)26-17)15-14-19-11-13-22(28-3)23(16-19)29-4/h5-13,16H,14-15H2,1-4H3. The van der Waals surface area contributed by atoms with Gasteiger partial charge in [0.15, 0.2) is 11.5 Å². The SMILES string of the molecule is COc1ccc(CCn2c(-c3ccccc3)c(C)c3ccc(C)nc32)cc1OC. The lowest BCUT2D eigenvalue weighted by atomic mass is 10.1. The van der Waals surface area contributed by atoms with Crippen LogP contribution in [-0.4, -0.2) is 23.8 Å². The van der Waals surface area contributed by atoms with Crippen molar-refractivity contribution in [1.82, 2.24) is 9.55 Å². The Morgan fingerprint density at radius 1 is 0.862 bits per heavy atom. The van der Waals surface area contributed by atoms with E-state index in [2.05, 4.69) is 66.1 Å². The van der Waals surface area contributed by atoms with Crippen molar-refractivity contribution in [2.75, 3.05) is 14.2 Å². The van der Waals surface area contributed by atoms with Crippen molar-refractivity contribution in [2.24, 2.45) is 0 Å². The van der Waals surface area contributed by atoms with Gasteiger partial charge in [-0.05, 0) is 61.2 Å². The fourth-order valence-electron chi connectivity index (χ4n) is 3.94. The Morgan fingerprint density at radius 3 is 2.34 bits per heavy atom. The third kappa shape index (κ3) is 3.58. The minimum atomic E-state index is 0.751. The molecule has 0 aliphatic heterocycles. The first-order valence-electron chi connectivity index (χ1n) is 9.85. The third-order valence-corrected chi connectivity index (χ3v) is 5.42. The van der Waals surface area contributed by atoms with Crippen LogP contribution in [0.3, 0.4) is 0 Å². The van der Waals surface area contributed by atoms with Crippen molar-refractivity contribution in [3.05, 3.63) is 77.5 Å². The smallest absolute Gasteiger partial charge is 0.160 e. The molecule has 4 rings (SSSR count). The summed E-state index contributed by atoms with van der Waals surface area (Å²) >= 11 is 0. The average Bonchev–Trinajstić information content (AvgIpc) is 3.03. The zero-order valence-electron chi connectivity index (χ0n) is 17.4. The molecule has 0 aliphatic rings. The van der Waals surface area contributed by atoms with Crippen LogP contribution in [0.15, 0.2) is 60.7 Å². The first kappa shape index (κ1) is 19.1. The highest BCUT2D eigenvalue weighted by Gasteiger charge is 2.17. The zero-order chi connectivity index (χ0) is 20.4. The number of aryl methyl sites for hydroxylation is 4. The van der Waals surface area contributed by atoms with Gasteiger partial charge in [-0.25, -0.2) is 4.98 Å². The van der Waals surface area contributed by atoms with Crippen LogP contribution in [0.4, 0.5) is 0 Å². The van der Waals surface area contributed by atoms with Gasteiger partial charge in [0.1, 0.15) is 5.65 Å². The lowest BCUT2D eigenvalue weighted by Gasteiger charge is -2.13. The summed E-state index contributed by atoms with van der Waals surface area (Å²) < 4.78 is 13.2. The van der Waals surface area contributed by atoms with Gasteiger partial charge in [0.2, 0.25) is 0 Å². The number of methoxy groups -OCH3 is 2. The Kier molecular flexibility index (Phi) is 5.26. The summed E-state index contributed by atoms with van der Waals surface area (Å²) in [5.41, 5.74) is 7.00. The molecular weight excluding hydrogens is 360 g/mol. The first-order chi connectivity index (χ1) is 14.1. The summed E-state index contributed by atoms with van der Waals surface area (Å²) in [5.74, 6) is 1.51. The van der Waals surface area contributed by atoms with Crippen LogP contribution in [0.5, 0.6) is 11.5 Å². The molecule has 4 heteroatoms. The molecule has 0 spiro atoms. The molecule has 4 aromatic rings. The van der Waals surface area contributed by atoms with E-state index in [-0.39, 0.29) is 0 Å². The maximum Gasteiger partial charge on any atom is 0.160 e. The van der Waals surface area contributed by atoms with Gasteiger partial charge in [-0.1, -0.05) is 36.4 Å². The number of rotatable bonds is 6. The van der Waals surface area contributed by atoms with Gasteiger partial charge in [0, 0.05) is 17.6 Å². The van der Waals surface area contributed by atoms with E-state index < -0.39 is 0 Å². The molecule has 2 heterocycles. The topological polar surface area (TPSA) is 36.3 Å². The quantitative estimate of drug-likeness (QED) is 0.434. The Hall–Kier alpha value is -3.27. The van der Waals surface area contributed by atoms with E-state index in [1.165, 1.54) is 27.8 Å². The van der Waals surface area contributed by atoms with Gasteiger partial charge in [-0.3, -0.25) is 0 Å². The minimum Gasteiger partial charge on any atom is -0.493 e. The number of nitrogens with zero attached hydrogens (tertiary/aromatic N) is 2. The fraction of sp³-hybridized carbons (Fsp3) is 0.240. The van der Waals surface area contributed by atoms with E-state index in [1.54, 1.807) is 14.2 Å². The molecule has 2 aromatic heterocycles. The lowest BCUT2D eigenvalue weighted by molar-refractivity contribution is 0.354. The molecule has 0 saturated carbocycles. The van der Waals surface area contributed by atoms with Gasteiger partial charge in [0.25, 0.3) is 0 Å². The summed E-state index contributed by atoms with van der Waals surface area (Å²) in [7, 11) is 3.33. The van der Waals surface area contributed by atoms with E-state index in [0.717, 1.165) is 35.8 Å². The fourth-order valence-corrected chi connectivity index (χ4v) is 3.94. The molecule has 0 saturated heterocycles. The molecule has 29 heavy (non-hydrogen) atoms. The van der Waals surface area contributed by atoms with Crippen molar-refractivity contribution in [3.63, 3.8) is 0 Å². The number of hydrogen-bond donors (Lipinski definition) is 0. The van der Waals surface area contributed by atoms with Gasteiger partial charge in [-0.15, -0.1) is 0 Å². The number of fused-ring (bicyclic) bond motifs is 1. The van der Waals surface area contributed by atoms with Crippen molar-refractivity contribution in [3.8, 4) is 22.8 Å². The Labute approximate surface area is 171 Å². The summed E-state index contributed by atoms with van der Waals surface area (Å²) in [5, 5.41) is 1.21. The predicted octanol–water partition coefficient (Wildman–Crippen LogP) is 5.58. The highest BCUT2D eigenvalue weighted by molar-refractivity contribution is 5.89. The van der Waals surface area contributed by atoms with Crippen LogP contribution in [0, 0.1) is 13.8 Å². The number of pyridine rings is 1. The normalized spacial score (nSPS) is 11.0. The molecule has 0 N–H and O–H groups in total. The second-order valence-corrected chi connectivity index (χ2v) is 7.25. The average molecular weight is 386 g/mol. The summed E-state index contributed by atoms with van der Waals surface area (Å²) in [6.07, 6.45) is 0.874. The second kappa shape index (κ2) is 8.00. The van der Waals surface area contributed by atoms with E-state index >= 15 is 0 Å². The predicted molar refractivity (Wildman–Crippen MR) is 118 cm³/mol. The van der Waals surface area contributed by atoms with Crippen LogP contribution in [0.1, 0.15) is 16.8 Å². The maximum absolute atomic E-state index is 5.47. The molecule has 0 radical (unpaired) electrons. The van der Waals surface area contributed by atoms with Crippen LogP contribution >= 0.6 is 0 Å². The zero-order valence-corrected chi connectivity index (χ0v) is 17.4. The van der Waals surface area contributed by atoms with E-state index in [0.29, 0.717) is 0 Å². The van der Waals surface area contributed by atoms with E-state index in [9.17, 15) is 0 Å². The Bertz CT molecular complexity index is 1150. The molecular formula is C25H26N2O2. The highest BCUT2D eigenvalue weighted by Crippen LogP contribution is 2.33. The first-order valence-corrected chi connectivity index (χ1v) is 9.85. The van der Waals surface area contributed by atoms with E-state index in [4.69, 9.17) is 14.5 Å². The molecule has 0 amide bonds. The van der Waals surface area contributed by atoms with Crippen molar-refractivity contribution in [1.29, 1.82) is 0 Å². The molecule has 0 aliphatic carbocycles. The molecule has 0 bridgehead atoms. The molecule has 0 atom stereocenters. The van der Waals surface area contributed by atoms with Gasteiger partial charge >= 0.3 is 0 Å². The summed E-state index contributed by atoms with van der Waals surface area (Å²) in [4.78, 5) is 4.87. The Balaban J connectivity index is 1.77. The van der Waals surface area contributed by atoms with Crippen molar-refractivity contribution >= 4 is 11.0 Å². The van der Waals surface area contributed by atoms with Gasteiger partial charge in [0.05, 0.1) is 19.9 Å². The number of hydrogen-bond acceptors (Lipinski definition) is 3. The monoisotopic (exact) mass is 386 g/mol. The largest absolute Gasteiger partial charge is 0.493 e. The van der Waals surface area contributed by atoms with Gasteiger partial charge < -0.3 is 14.0 Å². The van der Waals surface area contributed by atoms with Crippen LogP contribution in [-0.2, 0) is 13.0 Å². The maximum atomic E-state index is 5.47. The molecule has 148 valence electrons. The number of benzene rings is 2. The summed E-state index contributed by atoms with van der Waals surface area (Å²) in [6.45, 7) is 5.07. The molecule has 4 nitrogen and oxygen atoms in total. The van der Waals surface area contributed by atoms with Crippen LogP contribution < -0.4 is 9.47 Å². The Morgan fingerprint density at radius 2 is 1.62 bits per heavy atom. The van der Waals surface area contributed by atoms with Crippen LogP contribution in [0.2, 0.25) is 0 Å². The molecule has 0 fully saturated rings. The van der Waals surface area contributed by atoms with Gasteiger partial charge in [-0.2, -0.15) is 0 Å². The lowest BCUT2D eigenvalue weighted by Crippen LogP contribution is -2.05. The third-order valence-electron chi connectivity index (χ3n) is 5.42. The van der Waals surface area contributed by atoms with Crippen molar-refractivity contribution in [2.45, 2.75) is 26.8 Å². The van der Waals surface area contributed by atoms with E-state index in [1.807, 2.05) is 13.0 Å². The molecule has 2 aromatic carbocycles. The number of aromatic nitrogens is 2. The molecule has 0 unspecified atom stereocenters. The minimum absolute atomic E-state index is 0.751. The van der Waals surface area contributed by atoms with Crippen molar-refractivity contribution < 1.29 is 9.47 Å².